The smallest absolute Gasteiger partial charge is 0.272 e. The molecule has 1 aromatic carbocycles. The van der Waals surface area contributed by atoms with Crippen LogP contribution in [0.25, 0.3) is 0 Å². The number of amides is 1. The number of nitro groups is 1. The van der Waals surface area contributed by atoms with Crippen molar-refractivity contribution in [1.82, 2.24) is 4.90 Å². The molecule has 6 nitrogen and oxygen atoms in total. The summed E-state index contributed by atoms with van der Waals surface area (Å²) in [5.41, 5.74) is 0.0882. The number of nitro benzene ring substituents is 1. The molecule has 0 aromatic heterocycles. The molecular formula is C13H16FN3O3. The minimum Gasteiger partial charge on any atom is -0.366 e. The van der Waals surface area contributed by atoms with Gasteiger partial charge in [0.1, 0.15) is 0 Å². The maximum atomic E-state index is 13.9. The Labute approximate surface area is 115 Å². The first-order valence-corrected chi connectivity index (χ1v) is 6.49. The fraction of sp³-hybridized carbons (Fsp3) is 0.462. The SMILES string of the molecule is CCC(=O)N1CCN(c2ccc([N+](=O)[O-])cc2F)CC1. The lowest BCUT2D eigenvalue weighted by Crippen LogP contribution is -2.48. The van der Waals surface area contributed by atoms with Crippen LogP contribution in [0.1, 0.15) is 13.3 Å². The zero-order valence-corrected chi connectivity index (χ0v) is 11.2. The van der Waals surface area contributed by atoms with Gasteiger partial charge >= 0.3 is 0 Å². The van der Waals surface area contributed by atoms with Gasteiger partial charge in [-0.3, -0.25) is 14.9 Å². The number of nitrogens with zero attached hydrogens (tertiary/aromatic N) is 3. The molecule has 0 saturated carbocycles. The van der Waals surface area contributed by atoms with Gasteiger partial charge in [0.05, 0.1) is 16.7 Å². The number of hydrogen-bond donors (Lipinski definition) is 0. The zero-order valence-electron chi connectivity index (χ0n) is 11.2. The van der Waals surface area contributed by atoms with Gasteiger partial charge in [0.2, 0.25) is 5.91 Å². The van der Waals surface area contributed by atoms with E-state index in [0.29, 0.717) is 38.3 Å². The van der Waals surface area contributed by atoms with Crippen LogP contribution in [-0.4, -0.2) is 41.9 Å². The molecule has 2 rings (SSSR count). The number of benzene rings is 1. The number of carbonyl (C=O) groups excluding carboxylic acids is 1. The highest BCUT2D eigenvalue weighted by Gasteiger charge is 2.22. The number of rotatable bonds is 3. The molecule has 1 aromatic rings. The summed E-state index contributed by atoms with van der Waals surface area (Å²) in [6.07, 6.45) is 0.464. The van der Waals surface area contributed by atoms with Crippen LogP contribution in [0.2, 0.25) is 0 Å². The van der Waals surface area contributed by atoms with Crippen molar-refractivity contribution in [3.8, 4) is 0 Å². The van der Waals surface area contributed by atoms with Crippen LogP contribution in [0.15, 0.2) is 18.2 Å². The van der Waals surface area contributed by atoms with E-state index in [0.717, 1.165) is 6.07 Å². The zero-order chi connectivity index (χ0) is 14.7. The molecule has 1 aliphatic heterocycles. The number of non-ortho nitro benzene ring substituents is 1. The third-order valence-corrected chi connectivity index (χ3v) is 3.42. The molecule has 1 heterocycles. The number of anilines is 1. The van der Waals surface area contributed by atoms with Gasteiger partial charge in [-0.05, 0) is 6.07 Å². The second kappa shape index (κ2) is 5.85. The predicted octanol–water partition coefficient (Wildman–Crippen LogP) is 1.79. The van der Waals surface area contributed by atoms with Gasteiger partial charge in [-0.1, -0.05) is 6.92 Å². The second-order valence-corrected chi connectivity index (χ2v) is 4.61. The summed E-state index contributed by atoms with van der Waals surface area (Å²) in [6.45, 7) is 3.96. The van der Waals surface area contributed by atoms with E-state index in [-0.39, 0.29) is 11.6 Å². The average Bonchev–Trinajstić information content (AvgIpc) is 2.46. The van der Waals surface area contributed by atoms with Crippen LogP contribution in [0.3, 0.4) is 0 Å². The van der Waals surface area contributed by atoms with Gasteiger partial charge in [-0.2, -0.15) is 0 Å². The van der Waals surface area contributed by atoms with Gasteiger partial charge in [0.25, 0.3) is 5.69 Å². The number of hydrogen-bond acceptors (Lipinski definition) is 4. The van der Waals surface area contributed by atoms with Crippen LogP contribution in [0.4, 0.5) is 15.8 Å². The molecule has 1 amide bonds. The summed E-state index contributed by atoms with van der Waals surface area (Å²) >= 11 is 0. The molecule has 20 heavy (non-hydrogen) atoms. The summed E-state index contributed by atoms with van der Waals surface area (Å²) in [5.74, 6) is -0.511. The monoisotopic (exact) mass is 281 g/mol. The standard InChI is InChI=1S/C13H16FN3O3/c1-2-13(18)16-7-5-15(6-8-16)12-4-3-10(17(19)20)9-11(12)14/h3-4,9H,2,5-8H2,1H3. The molecule has 7 heteroatoms. The lowest BCUT2D eigenvalue weighted by molar-refractivity contribution is -0.385. The van der Waals surface area contributed by atoms with Crippen LogP contribution < -0.4 is 4.90 Å². The molecule has 0 N–H and O–H groups in total. The lowest BCUT2D eigenvalue weighted by atomic mass is 10.2. The molecular weight excluding hydrogens is 265 g/mol. The molecule has 0 aliphatic carbocycles. The van der Waals surface area contributed by atoms with E-state index >= 15 is 0 Å². The largest absolute Gasteiger partial charge is 0.366 e. The maximum Gasteiger partial charge on any atom is 0.272 e. The van der Waals surface area contributed by atoms with Crippen molar-refractivity contribution in [2.75, 3.05) is 31.1 Å². The highest BCUT2D eigenvalue weighted by molar-refractivity contribution is 5.76. The van der Waals surface area contributed by atoms with Gasteiger partial charge in [0.15, 0.2) is 5.82 Å². The minimum atomic E-state index is -0.620. The summed E-state index contributed by atoms with van der Waals surface area (Å²) in [4.78, 5) is 25.1. The first kappa shape index (κ1) is 14.2. The Hall–Kier alpha value is -2.18. The van der Waals surface area contributed by atoms with Crippen molar-refractivity contribution in [2.24, 2.45) is 0 Å². The Morgan fingerprint density at radius 1 is 1.35 bits per heavy atom. The minimum absolute atomic E-state index is 0.0915. The Kier molecular flexibility index (Phi) is 4.16. The van der Waals surface area contributed by atoms with Crippen molar-refractivity contribution >= 4 is 17.3 Å². The van der Waals surface area contributed by atoms with E-state index in [1.165, 1.54) is 12.1 Å². The van der Waals surface area contributed by atoms with Crippen LogP contribution >= 0.6 is 0 Å². The summed E-state index contributed by atoms with van der Waals surface area (Å²) in [5, 5.41) is 10.6. The summed E-state index contributed by atoms with van der Waals surface area (Å²) in [6, 6.07) is 3.64. The third kappa shape index (κ3) is 2.87. The number of carbonyl (C=O) groups is 1. The van der Waals surface area contributed by atoms with E-state index in [1.807, 2.05) is 6.92 Å². The molecule has 0 bridgehead atoms. The molecule has 0 unspecified atom stereocenters. The topological polar surface area (TPSA) is 66.7 Å². The first-order chi connectivity index (χ1) is 9.52. The first-order valence-electron chi connectivity index (χ1n) is 6.49. The van der Waals surface area contributed by atoms with Crippen LogP contribution in [0, 0.1) is 15.9 Å². The van der Waals surface area contributed by atoms with Crippen molar-refractivity contribution in [3.63, 3.8) is 0 Å². The Morgan fingerprint density at radius 3 is 2.50 bits per heavy atom. The van der Waals surface area contributed by atoms with E-state index in [2.05, 4.69) is 0 Å². The van der Waals surface area contributed by atoms with Crippen molar-refractivity contribution in [1.29, 1.82) is 0 Å². The van der Waals surface area contributed by atoms with Crippen LogP contribution in [-0.2, 0) is 4.79 Å². The number of piperazine rings is 1. The highest BCUT2D eigenvalue weighted by atomic mass is 19.1. The van der Waals surface area contributed by atoms with E-state index in [9.17, 15) is 19.3 Å². The normalized spacial score (nSPS) is 15.3. The van der Waals surface area contributed by atoms with E-state index < -0.39 is 10.7 Å². The van der Waals surface area contributed by atoms with E-state index in [1.54, 1.807) is 9.80 Å². The molecule has 1 aliphatic rings. The lowest BCUT2D eigenvalue weighted by Gasteiger charge is -2.36. The fourth-order valence-corrected chi connectivity index (χ4v) is 2.29. The van der Waals surface area contributed by atoms with Crippen molar-refractivity contribution in [3.05, 3.63) is 34.1 Å². The molecule has 108 valence electrons. The molecule has 0 spiro atoms. The van der Waals surface area contributed by atoms with Gasteiger partial charge in [-0.25, -0.2) is 4.39 Å². The van der Waals surface area contributed by atoms with Crippen molar-refractivity contribution < 1.29 is 14.1 Å². The molecule has 1 saturated heterocycles. The third-order valence-electron chi connectivity index (χ3n) is 3.42. The molecule has 0 atom stereocenters. The van der Waals surface area contributed by atoms with Gasteiger partial charge < -0.3 is 9.80 Å². The Bertz CT molecular complexity index is 528. The van der Waals surface area contributed by atoms with E-state index in [4.69, 9.17) is 0 Å². The van der Waals surface area contributed by atoms with Crippen molar-refractivity contribution in [2.45, 2.75) is 13.3 Å². The quantitative estimate of drug-likeness (QED) is 0.626. The number of halogens is 1. The second-order valence-electron chi connectivity index (χ2n) is 4.61. The Morgan fingerprint density at radius 2 is 2.00 bits per heavy atom. The average molecular weight is 281 g/mol. The van der Waals surface area contributed by atoms with Gasteiger partial charge in [0, 0.05) is 38.7 Å². The Balaban J connectivity index is 2.07. The molecule has 1 fully saturated rings. The van der Waals surface area contributed by atoms with Gasteiger partial charge in [-0.15, -0.1) is 0 Å². The summed E-state index contributed by atoms with van der Waals surface area (Å²) < 4.78 is 13.9. The fourth-order valence-electron chi connectivity index (χ4n) is 2.29. The van der Waals surface area contributed by atoms with Crippen LogP contribution in [0.5, 0.6) is 0 Å². The molecule has 0 radical (unpaired) electrons. The predicted molar refractivity (Wildman–Crippen MR) is 72.1 cm³/mol. The summed E-state index contributed by atoms with van der Waals surface area (Å²) in [7, 11) is 0. The highest BCUT2D eigenvalue weighted by Crippen LogP contribution is 2.25. The maximum absolute atomic E-state index is 13.9.